The van der Waals surface area contributed by atoms with E-state index < -0.39 is 8.56 Å². The summed E-state index contributed by atoms with van der Waals surface area (Å²) in [4.78, 5) is 11.8. The lowest BCUT2D eigenvalue weighted by atomic mass is 9.91. The first kappa shape index (κ1) is 18.6. The molecule has 0 radical (unpaired) electrons. The van der Waals surface area contributed by atoms with E-state index in [4.69, 9.17) is 13.6 Å². The van der Waals surface area contributed by atoms with E-state index in [9.17, 15) is 4.79 Å². The zero-order chi connectivity index (χ0) is 14.9. The van der Waals surface area contributed by atoms with Gasteiger partial charge in [0.25, 0.3) is 0 Å². The lowest BCUT2D eigenvalue weighted by molar-refractivity contribution is -0.154. The van der Waals surface area contributed by atoms with Crippen molar-refractivity contribution in [3.05, 3.63) is 0 Å². The Hall–Kier alpha value is -0.393. The summed E-state index contributed by atoms with van der Waals surface area (Å²) in [5, 5.41) is 0. The van der Waals surface area contributed by atoms with Crippen molar-refractivity contribution in [2.45, 2.75) is 60.1 Å². The van der Waals surface area contributed by atoms with Crippen LogP contribution < -0.4 is 0 Å². The monoisotopic (exact) mass is 290 g/mol. The van der Waals surface area contributed by atoms with Crippen molar-refractivity contribution in [1.29, 1.82) is 0 Å². The van der Waals surface area contributed by atoms with Crippen LogP contribution in [0.1, 0.15) is 47.5 Å². The molecular formula is C14H30O4Si. The zero-order valence-electron chi connectivity index (χ0n) is 13.4. The lowest BCUT2D eigenvalue weighted by Crippen LogP contribution is -2.39. The molecule has 0 amide bonds. The minimum Gasteiger partial charge on any atom is -0.465 e. The predicted molar refractivity (Wildman–Crippen MR) is 79.3 cm³/mol. The van der Waals surface area contributed by atoms with Crippen LogP contribution in [-0.2, 0) is 18.4 Å². The van der Waals surface area contributed by atoms with Crippen LogP contribution in [0.5, 0.6) is 0 Å². The molecule has 19 heavy (non-hydrogen) atoms. The number of carbonyl (C=O) groups is 1. The topological polar surface area (TPSA) is 44.8 Å². The van der Waals surface area contributed by atoms with Crippen molar-refractivity contribution in [1.82, 2.24) is 0 Å². The molecule has 0 aliphatic heterocycles. The Kier molecular flexibility index (Phi) is 8.53. The van der Waals surface area contributed by atoms with Gasteiger partial charge in [-0.15, -0.1) is 0 Å². The maximum atomic E-state index is 11.8. The first-order valence-corrected chi connectivity index (χ1v) is 9.78. The van der Waals surface area contributed by atoms with Crippen LogP contribution in [0.15, 0.2) is 0 Å². The van der Waals surface area contributed by atoms with Crippen molar-refractivity contribution < 1.29 is 18.4 Å². The highest BCUT2D eigenvalue weighted by molar-refractivity contribution is 6.66. The van der Waals surface area contributed by atoms with Crippen LogP contribution >= 0.6 is 0 Å². The summed E-state index contributed by atoms with van der Waals surface area (Å²) < 4.78 is 16.8. The third kappa shape index (κ3) is 7.08. The molecule has 0 aromatic rings. The van der Waals surface area contributed by atoms with Gasteiger partial charge in [0.05, 0.1) is 12.0 Å². The van der Waals surface area contributed by atoms with E-state index >= 15 is 0 Å². The molecule has 0 saturated carbocycles. The van der Waals surface area contributed by atoms with Gasteiger partial charge in [-0.1, -0.05) is 6.92 Å². The molecule has 0 fully saturated rings. The summed E-state index contributed by atoms with van der Waals surface area (Å²) in [5.41, 5.74) is -0.388. The largest absolute Gasteiger partial charge is 0.465 e. The summed E-state index contributed by atoms with van der Waals surface area (Å²) in [6.45, 7) is 13.6. The van der Waals surface area contributed by atoms with Gasteiger partial charge in [-0.05, 0) is 53.1 Å². The number of hydrogen-bond acceptors (Lipinski definition) is 4. The van der Waals surface area contributed by atoms with Gasteiger partial charge in [-0.2, -0.15) is 0 Å². The van der Waals surface area contributed by atoms with E-state index in [0.717, 1.165) is 18.9 Å². The van der Waals surface area contributed by atoms with Crippen molar-refractivity contribution in [2.75, 3.05) is 19.8 Å². The number of hydrogen-bond donors (Lipinski definition) is 0. The van der Waals surface area contributed by atoms with Gasteiger partial charge in [0.2, 0.25) is 0 Å². The van der Waals surface area contributed by atoms with Gasteiger partial charge in [-0.3, -0.25) is 4.79 Å². The average Bonchev–Trinajstić information content (AvgIpc) is 2.35. The van der Waals surface area contributed by atoms with Crippen LogP contribution in [-0.4, -0.2) is 34.4 Å². The second-order valence-electron chi connectivity index (χ2n) is 5.48. The maximum absolute atomic E-state index is 11.8. The molecular weight excluding hydrogens is 260 g/mol. The van der Waals surface area contributed by atoms with Gasteiger partial charge in [0.15, 0.2) is 0 Å². The van der Waals surface area contributed by atoms with Crippen molar-refractivity contribution in [2.24, 2.45) is 5.41 Å². The molecule has 0 aromatic heterocycles. The van der Waals surface area contributed by atoms with E-state index in [0.29, 0.717) is 19.8 Å². The summed E-state index contributed by atoms with van der Waals surface area (Å²) in [5.74, 6) is -0.119. The third-order valence-electron chi connectivity index (χ3n) is 3.34. The predicted octanol–water partition coefficient (Wildman–Crippen LogP) is 3.50. The van der Waals surface area contributed by atoms with Crippen LogP contribution in [0.3, 0.4) is 0 Å². The van der Waals surface area contributed by atoms with E-state index in [-0.39, 0.29) is 11.4 Å². The van der Waals surface area contributed by atoms with Crippen molar-refractivity contribution in [3.63, 3.8) is 0 Å². The highest BCUT2D eigenvalue weighted by atomic mass is 28.4. The minimum absolute atomic E-state index is 0.119. The summed E-state index contributed by atoms with van der Waals surface area (Å²) in [6.07, 6.45) is 1.59. The van der Waals surface area contributed by atoms with Crippen molar-refractivity contribution >= 4 is 14.5 Å². The molecule has 0 atom stereocenters. The smallest absolute Gasteiger partial charge is 0.335 e. The van der Waals surface area contributed by atoms with Gasteiger partial charge >= 0.3 is 14.5 Å². The first-order chi connectivity index (χ1) is 8.81. The van der Waals surface area contributed by atoms with E-state index in [2.05, 4.69) is 6.55 Å². The average molecular weight is 290 g/mol. The van der Waals surface area contributed by atoms with E-state index in [1.165, 1.54) is 0 Å². The Bertz CT molecular complexity index is 260. The molecule has 0 rings (SSSR count). The fourth-order valence-corrected chi connectivity index (χ4v) is 4.07. The van der Waals surface area contributed by atoms with Gasteiger partial charge in [0, 0.05) is 13.2 Å². The molecule has 5 heteroatoms. The highest BCUT2D eigenvalue weighted by Gasteiger charge is 2.31. The quantitative estimate of drug-likeness (QED) is 0.351. The van der Waals surface area contributed by atoms with Gasteiger partial charge in [-0.25, -0.2) is 0 Å². The number of esters is 1. The molecule has 0 heterocycles. The molecule has 0 aromatic carbocycles. The van der Waals surface area contributed by atoms with Crippen LogP contribution in [0.2, 0.25) is 12.6 Å². The fraction of sp³-hybridized carbons (Fsp3) is 0.929. The Balaban J connectivity index is 4.04. The minimum atomic E-state index is -2.07. The molecule has 0 aliphatic carbocycles. The Labute approximate surface area is 119 Å². The number of rotatable bonds is 10. The molecule has 0 bridgehead atoms. The standard InChI is InChI=1S/C14H30O4Si/c1-7-14(4,5)13(15)16-11-10-12-19(6,17-8-2)18-9-3/h7-12H2,1-6H3. The fourth-order valence-electron chi connectivity index (χ4n) is 1.69. The Morgan fingerprint density at radius 2 is 1.63 bits per heavy atom. The molecule has 0 saturated heterocycles. The number of carbonyl (C=O) groups excluding carboxylic acids is 1. The van der Waals surface area contributed by atoms with E-state index in [1.807, 2.05) is 34.6 Å². The van der Waals surface area contributed by atoms with Gasteiger partial charge in [0.1, 0.15) is 0 Å². The Morgan fingerprint density at radius 3 is 2.05 bits per heavy atom. The first-order valence-electron chi connectivity index (χ1n) is 7.26. The number of ether oxygens (including phenoxy) is 1. The van der Waals surface area contributed by atoms with Crippen LogP contribution in [0.4, 0.5) is 0 Å². The molecule has 0 spiro atoms. The molecule has 0 N–H and O–H groups in total. The molecule has 0 unspecified atom stereocenters. The zero-order valence-corrected chi connectivity index (χ0v) is 14.4. The maximum Gasteiger partial charge on any atom is 0.335 e. The van der Waals surface area contributed by atoms with Crippen molar-refractivity contribution in [3.8, 4) is 0 Å². The summed E-state index contributed by atoms with van der Waals surface area (Å²) in [6, 6.07) is 0.856. The second kappa shape index (κ2) is 8.71. The SMILES string of the molecule is CCO[Si](C)(CCCOC(=O)C(C)(C)CC)OCC. The summed E-state index contributed by atoms with van der Waals surface area (Å²) in [7, 11) is -2.07. The van der Waals surface area contributed by atoms with Crippen LogP contribution in [0, 0.1) is 5.41 Å². The third-order valence-corrected chi connectivity index (χ3v) is 6.40. The normalized spacial score (nSPS) is 12.5. The highest BCUT2D eigenvalue weighted by Crippen LogP contribution is 2.22. The van der Waals surface area contributed by atoms with Crippen LogP contribution in [0.25, 0.3) is 0 Å². The molecule has 114 valence electrons. The Morgan fingerprint density at radius 1 is 1.11 bits per heavy atom. The lowest BCUT2D eigenvalue weighted by Gasteiger charge is -2.26. The molecule has 0 aliphatic rings. The molecule has 4 nitrogen and oxygen atoms in total. The van der Waals surface area contributed by atoms with Gasteiger partial charge < -0.3 is 13.6 Å². The summed E-state index contributed by atoms with van der Waals surface area (Å²) >= 11 is 0. The second-order valence-corrected chi connectivity index (χ2v) is 8.82. The van der Waals surface area contributed by atoms with E-state index in [1.54, 1.807) is 0 Å².